The first kappa shape index (κ1) is 18.5. The van der Waals surface area contributed by atoms with Crippen molar-refractivity contribution in [1.82, 2.24) is 15.5 Å². The molecule has 134 valence electrons. The van der Waals surface area contributed by atoms with Gasteiger partial charge in [0.2, 0.25) is 0 Å². The van der Waals surface area contributed by atoms with Crippen molar-refractivity contribution in [2.45, 2.75) is 70.2 Å². The van der Waals surface area contributed by atoms with Crippen LogP contribution in [-0.4, -0.2) is 68.1 Å². The Bertz CT molecular complexity index is 384. The van der Waals surface area contributed by atoms with E-state index in [1.165, 1.54) is 0 Å². The highest BCUT2D eigenvalue weighted by atomic mass is 16.6. The zero-order chi connectivity index (χ0) is 16.9. The third-order valence-corrected chi connectivity index (χ3v) is 4.37. The van der Waals surface area contributed by atoms with E-state index in [9.17, 15) is 4.79 Å². The summed E-state index contributed by atoms with van der Waals surface area (Å²) in [4.78, 5) is 14.2. The molecule has 1 amide bonds. The van der Waals surface area contributed by atoms with Gasteiger partial charge in [-0.25, -0.2) is 4.79 Å². The molecule has 2 fully saturated rings. The summed E-state index contributed by atoms with van der Waals surface area (Å²) >= 11 is 0. The Morgan fingerprint density at radius 2 is 2.04 bits per heavy atom. The number of nitrogens with zero attached hydrogens (tertiary/aromatic N) is 1. The maximum absolute atomic E-state index is 11.9. The maximum Gasteiger partial charge on any atom is 0.407 e. The van der Waals surface area contributed by atoms with E-state index < -0.39 is 5.60 Å². The molecule has 0 spiro atoms. The first-order valence-corrected chi connectivity index (χ1v) is 8.85. The van der Waals surface area contributed by atoms with E-state index in [0.717, 1.165) is 51.9 Å². The van der Waals surface area contributed by atoms with Gasteiger partial charge in [-0.1, -0.05) is 0 Å². The number of hydrogen-bond acceptors (Lipinski definition) is 5. The van der Waals surface area contributed by atoms with Gasteiger partial charge in [0.1, 0.15) is 5.60 Å². The van der Waals surface area contributed by atoms with Crippen molar-refractivity contribution in [2.75, 3.05) is 33.3 Å². The topological polar surface area (TPSA) is 62.8 Å². The average molecular weight is 327 g/mol. The van der Waals surface area contributed by atoms with Gasteiger partial charge in [0.25, 0.3) is 0 Å². The molecule has 0 bridgehead atoms. The van der Waals surface area contributed by atoms with E-state index in [-0.39, 0.29) is 18.2 Å². The number of carbonyl (C=O) groups excluding carboxylic acids is 1. The summed E-state index contributed by atoms with van der Waals surface area (Å²) in [6.07, 6.45) is 4.24. The summed E-state index contributed by atoms with van der Waals surface area (Å²) < 4.78 is 11.1. The third-order valence-electron chi connectivity index (χ3n) is 4.37. The SMILES string of the molecule is CN1CCOC(CNC2CCCC(NC(=O)OC(C)(C)C)C2)C1. The second kappa shape index (κ2) is 8.31. The molecule has 2 rings (SSSR count). The molecule has 2 aliphatic rings. The average Bonchev–Trinajstić information content (AvgIpc) is 2.43. The van der Waals surface area contributed by atoms with E-state index in [1.54, 1.807) is 0 Å². The molecule has 0 aromatic rings. The molecule has 1 aliphatic carbocycles. The van der Waals surface area contributed by atoms with Crippen LogP contribution in [0.2, 0.25) is 0 Å². The summed E-state index contributed by atoms with van der Waals surface area (Å²) in [5.74, 6) is 0. The summed E-state index contributed by atoms with van der Waals surface area (Å²) in [7, 11) is 2.14. The molecule has 6 heteroatoms. The van der Waals surface area contributed by atoms with Gasteiger partial charge in [-0.2, -0.15) is 0 Å². The second-order valence-electron chi connectivity index (χ2n) is 7.87. The van der Waals surface area contributed by atoms with E-state index in [0.29, 0.717) is 6.04 Å². The zero-order valence-corrected chi connectivity index (χ0v) is 15.1. The largest absolute Gasteiger partial charge is 0.444 e. The van der Waals surface area contributed by atoms with Gasteiger partial charge < -0.3 is 25.0 Å². The van der Waals surface area contributed by atoms with Crippen molar-refractivity contribution < 1.29 is 14.3 Å². The van der Waals surface area contributed by atoms with Crippen molar-refractivity contribution in [3.8, 4) is 0 Å². The summed E-state index contributed by atoms with van der Waals surface area (Å²) in [6, 6.07) is 0.644. The van der Waals surface area contributed by atoms with Crippen LogP contribution in [0.3, 0.4) is 0 Å². The highest BCUT2D eigenvalue weighted by Gasteiger charge is 2.26. The van der Waals surface area contributed by atoms with Crippen LogP contribution in [0.25, 0.3) is 0 Å². The van der Waals surface area contributed by atoms with Crippen LogP contribution in [0, 0.1) is 0 Å². The lowest BCUT2D eigenvalue weighted by atomic mass is 9.91. The van der Waals surface area contributed by atoms with E-state index in [1.807, 2.05) is 20.8 Å². The molecule has 2 N–H and O–H groups in total. The highest BCUT2D eigenvalue weighted by Crippen LogP contribution is 2.19. The number of hydrogen-bond donors (Lipinski definition) is 2. The standard InChI is InChI=1S/C17H33N3O3/c1-17(2,3)23-16(21)19-14-7-5-6-13(10-14)18-11-15-12-20(4)8-9-22-15/h13-15,18H,5-12H2,1-4H3,(H,19,21). The van der Waals surface area contributed by atoms with Crippen molar-refractivity contribution in [3.05, 3.63) is 0 Å². The molecule has 0 aromatic carbocycles. The molecule has 1 saturated heterocycles. The van der Waals surface area contributed by atoms with Gasteiger partial charge in [0, 0.05) is 31.7 Å². The summed E-state index contributed by atoms with van der Waals surface area (Å²) in [5, 5.41) is 6.63. The fourth-order valence-electron chi connectivity index (χ4n) is 3.27. The summed E-state index contributed by atoms with van der Waals surface area (Å²) in [5.41, 5.74) is -0.444. The number of amides is 1. The van der Waals surface area contributed by atoms with E-state index >= 15 is 0 Å². The predicted octanol–water partition coefficient (Wildman–Crippen LogP) is 1.74. The molecule has 0 radical (unpaired) electrons. The fraction of sp³-hybridized carbons (Fsp3) is 0.941. The number of carbonyl (C=O) groups is 1. The van der Waals surface area contributed by atoms with Crippen molar-refractivity contribution in [3.63, 3.8) is 0 Å². The Morgan fingerprint density at radius 1 is 1.30 bits per heavy atom. The van der Waals surface area contributed by atoms with Crippen LogP contribution in [-0.2, 0) is 9.47 Å². The zero-order valence-electron chi connectivity index (χ0n) is 15.1. The Kier molecular flexibility index (Phi) is 6.68. The molecule has 1 heterocycles. The van der Waals surface area contributed by atoms with Crippen LogP contribution < -0.4 is 10.6 Å². The van der Waals surface area contributed by atoms with E-state index in [2.05, 4.69) is 22.6 Å². The smallest absolute Gasteiger partial charge is 0.407 e. The van der Waals surface area contributed by atoms with Crippen LogP contribution in [0.4, 0.5) is 4.79 Å². The first-order chi connectivity index (χ1) is 10.8. The minimum absolute atomic E-state index is 0.200. The number of ether oxygens (including phenoxy) is 2. The predicted molar refractivity (Wildman–Crippen MR) is 90.7 cm³/mol. The van der Waals surface area contributed by atoms with Gasteiger partial charge in [-0.15, -0.1) is 0 Å². The Morgan fingerprint density at radius 3 is 2.74 bits per heavy atom. The Balaban J connectivity index is 1.69. The quantitative estimate of drug-likeness (QED) is 0.823. The Hall–Kier alpha value is -0.850. The van der Waals surface area contributed by atoms with Crippen molar-refractivity contribution in [2.24, 2.45) is 0 Å². The van der Waals surface area contributed by atoms with Gasteiger partial charge in [-0.05, 0) is 53.5 Å². The first-order valence-electron chi connectivity index (χ1n) is 8.85. The molecule has 3 atom stereocenters. The molecule has 0 aromatic heterocycles. The monoisotopic (exact) mass is 327 g/mol. The molecule has 1 saturated carbocycles. The van der Waals surface area contributed by atoms with Crippen molar-refractivity contribution in [1.29, 1.82) is 0 Å². The number of alkyl carbamates (subject to hydrolysis) is 1. The molecular formula is C17H33N3O3. The number of nitrogens with one attached hydrogen (secondary N) is 2. The third kappa shape index (κ3) is 7.06. The lowest BCUT2D eigenvalue weighted by Gasteiger charge is -2.34. The second-order valence-corrected chi connectivity index (χ2v) is 7.87. The Labute approximate surface area is 140 Å². The van der Waals surface area contributed by atoms with Crippen LogP contribution in [0.1, 0.15) is 46.5 Å². The minimum atomic E-state index is -0.444. The molecule has 1 aliphatic heterocycles. The molecule has 23 heavy (non-hydrogen) atoms. The van der Waals surface area contributed by atoms with Crippen LogP contribution >= 0.6 is 0 Å². The lowest BCUT2D eigenvalue weighted by Crippen LogP contribution is -2.49. The molecular weight excluding hydrogens is 294 g/mol. The van der Waals surface area contributed by atoms with Gasteiger partial charge in [-0.3, -0.25) is 0 Å². The fourth-order valence-corrected chi connectivity index (χ4v) is 3.27. The number of morpholine rings is 1. The maximum atomic E-state index is 11.9. The normalized spacial score (nSPS) is 30.0. The number of rotatable bonds is 4. The highest BCUT2D eigenvalue weighted by molar-refractivity contribution is 5.68. The molecule has 6 nitrogen and oxygen atoms in total. The van der Waals surface area contributed by atoms with Gasteiger partial charge >= 0.3 is 6.09 Å². The van der Waals surface area contributed by atoms with Crippen LogP contribution in [0.5, 0.6) is 0 Å². The summed E-state index contributed by atoms with van der Waals surface area (Å²) in [6.45, 7) is 9.36. The van der Waals surface area contributed by atoms with Gasteiger partial charge in [0.15, 0.2) is 0 Å². The van der Waals surface area contributed by atoms with Gasteiger partial charge in [0.05, 0.1) is 12.7 Å². The van der Waals surface area contributed by atoms with Crippen molar-refractivity contribution >= 4 is 6.09 Å². The number of likely N-dealkylation sites (N-methyl/N-ethyl adjacent to an activating group) is 1. The van der Waals surface area contributed by atoms with E-state index in [4.69, 9.17) is 9.47 Å². The lowest BCUT2D eigenvalue weighted by molar-refractivity contribution is -0.0199. The van der Waals surface area contributed by atoms with Crippen LogP contribution in [0.15, 0.2) is 0 Å². The minimum Gasteiger partial charge on any atom is -0.444 e. The molecule has 3 unspecified atom stereocenters.